The first-order valence-electron chi connectivity index (χ1n) is 13.3. The fourth-order valence-electron chi connectivity index (χ4n) is 4.89. The van der Waals surface area contributed by atoms with E-state index in [4.69, 9.17) is 9.15 Å². The van der Waals surface area contributed by atoms with Crippen LogP contribution in [0.15, 0.2) is 71.3 Å². The van der Waals surface area contributed by atoms with Crippen LogP contribution < -0.4 is 10.1 Å². The molecule has 5 rings (SSSR count). The standard InChI is InChI=1S/C29H31FN6O4/c1-39-24-15-11-21(12-16-24)28-32-34-36(33-28)19-26(37)35(18-20-9-13-22(30)14-10-20)27(25-8-5-17-40-25)29(38)31-23-6-3-2-4-7-23/h5,8-17,23,27H,2-4,6-7,18-19H2,1H3,(H,31,38)/t27-/m0/s1. The number of aromatic nitrogens is 4. The summed E-state index contributed by atoms with van der Waals surface area (Å²) in [6.07, 6.45) is 6.48. The van der Waals surface area contributed by atoms with Gasteiger partial charge in [-0.2, -0.15) is 4.80 Å². The Kier molecular flexibility index (Phi) is 8.48. The van der Waals surface area contributed by atoms with Gasteiger partial charge in [0.1, 0.15) is 23.9 Å². The number of nitrogens with one attached hydrogen (secondary N) is 1. The van der Waals surface area contributed by atoms with E-state index in [-0.39, 0.29) is 25.0 Å². The van der Waals surface area contributed by atoms with Crippen LogP contribution >= 0.6 is 0 Å². The fourth-order valence-corrected chi connectivity index (χ4v) is 4.89. The molecule has 0 aliphatic heterocycles. The van der Waals surface area contributed by atoms with Crippen LogP contribution in [0.5, 0.6) is 5.75 Å². The second kappa shape index (κ2) is 12.5. The van der Waals surface area contributed by atoms with Gasteiger partial charge in [0.05, 0.1) is 13.4 Å². The molecule has 40 heavy (non-hydrogen) atoms. The van der Waals surface area contributed by atoms with Gasteiger partial charge >= 0.3 is 0 Å². The minimum absolute atomic E-state index is 0.0329. The van der Waals surface area contributed by atoms with Crippen molar-refractivity contribution in [1.82, 2.24) is 30.4 Å². The van der Waals surface area contributed by atoms with E-state index in [2.05, 4.69) is 20.7 Å². The smallest absolute Gasteiger partial charge is 0.250 e. The molecule has 0 saturated heterocycles. The second-order valence-electron chi connectivity index (χ2n) is 9.78. The average molecular weight is 547 g/mol. The molecule has 11 heteroatoms. The van der Waals surface area contributed by atoms with Crippen molar-refractivity contribution >= 4 is 11.8 Å². The number of furan rings is 1. The van der Waals surface area contributed by atoms with Crippen LogP contribution in [0.3, 0.4) is 0 Å². The van der Waals surface area contributed by atoms with Crippen molar-refractivity contribution in [2.45, 2.75) is 57.3 Å². The molecule has 1 atom stereocenters. The summed E-state index contributed by atoms with van der Waals surface area (Å²) in [5.41, 5.74) is 1.37. The number of hydrogen-bond donors (Lipinski definition) is 1. The van der Waals surface area contributed by atoms with Crippen LogP contribution in [-0.2, 0) is 22.7 Å². The van der Waals surface area contributed by atoms with Gasteiger partial charge in [-0.15, -0.1) is 10.2 Å². The highest BCUT2D eigenvalue weighted by Crippen LogP contribution is 2.27. The maximum absolute atomic E-state index is 13.8. The van der Waals surface area contributed by atoms with Crippen molar-refractivity contribution in [3.63, 3.8) is 0 Å². The molecular weight excluding hydrogens is 515 g/mol. The molecule has 2 aromatic carbocycles. The highest BCUT2D eigenvalue weighted by atomic mass is 19.1. The molecule has 2 amide bonds. The van der Waals surface area contributed by atoms with Crippen LogP contribution in [0.4, 0.5) is 4.39 Å². The molecule has 0 radical (unpaired) electrons. The van der Waals surface area contributed by atoms with Crippen molar-refractivity contribution < 1.29 is 23.1 Å². The van der Waals surface area contributed by atoms with E-state index in [1.807, 2.05) is 0 Å². The minimum atomic E-state index is -1.04. The van der Waals surface area contributed by atoms with Gasteiger partial charge in [0, 0.05) is 18.2 Å². The summed E-state index contributed by atoms with van der Waals surface area (Å²) in [5.74, 6) is 0.216. The number of halogens is 1. The number of nitrogens with zero attached hydrogens (tertiary/aromatic N) is 5. The van der Waals surface area contributed by atoms with Gasteiger partial charge in [0.25, 0.3) is 5.91 Å². The molecule has 208 valence electrons. The normalized spacial score (nSPS) is 14.4. The summed E-state index contributed by atoms with van der Waals surface area (Å²) in [6.45, 7) is -0.221. The third-order valence-corrected chi connectivity index (χ3v) is 6.99. The predicted octanol–water partition coefficient (Wildman–Crippen LogP) is 4.30. The van der Waals surface area contributed by atoms with Crippen LogP contribution in [0, 0.1) is 5.82 Å². The molecule has 2 heterocycles. The van der Waals surface area contributed by atoms with Crippen molar-refractivity contribution in [3.05, 3.63) is 84.1 Å². The molecule has 10 nitrogen and oxygen atoms in total. The quantitative estimate of drug-likeness (QED) is 0.315. The summed E-state index contributed by atoms with van der Waals surface area (Å²) in [7, 11) is 1.58. The van der Waals surface area contributed by atoms with E-state index < -0.39 is 17.8 Å². The highest BCUT2D eigenvalue weighted by molar-refractivity contribution is 5.88. The molecule has 1 aliphatic carbocycles. The topological polar surface area (TPSA) is 115 Å². The zero-order chi connectivity index (χ0) is 27.9. The number of benzene rings is 2. The lowest BCUT2D eigenvalue weighted by molar-refractivity contribution is -0.143. The maximum atomic E-state index is 13.8. The van der Waals surface area contributed by atoms with Gasteiger partial charge in [0.15, 0.2) is 6.04 Å². The number of methoxy groups -OCH3 is 1. The van der Waals surface area contributed by atoms with E-state index in [0.29, 0.717) is 28.5 Å². The Balaban J connectivity index is 1.41. The Morgan fingerprint density at radius 2 is 1.85 bits per heavy atom. The molecule has 1 fully saturated rings. The summed E-state index contributed by atoms with van der Waals surface area (Å²) >= 11 is 0. The van der Waals surface area contributed by atoms with E-state index in [9.17, 15) is 14.0 Å². The first-order chi connectivity index (χ1) is 19.5. The number of amides is 2. The molecule has 1 saturated carbocycles. The molecule has 2 aromatic heterocycles. The Bertz CT molecular complexity index is 1400. The lowest BCUT2D eigenvalue weighted by atomic mass is 9.95. The molecule has 0 unspecified atom stereocenters. The minimum Gasteiger partial charge on any atom is -0.497 e. The summed E-state index contributed by atoms with van der Waals surface area (Å²) in [4.78, 5) is 30.1. The van der Waals surface area contributed by atoms with E-state index in [1.54, 1.807) is 55.6 Å². The number of rotatable bonds is 10. The third kappa shape index (κ3) is 6.53. The zero-order valence-corrected chi connectivity index (χ0v) is 22.2. The highest BCUT2D eigenvalue weighted by Gasteiger charge is 2.35. The molecular formula is C29H31FN6O4. The number of tetrazole rings is 1. The van der Waals surface area contributed by atoms with Crippen molar-refractivity contribution in [1.29, 1.82) is 0 Å². The summed E-state index contributed by atoms with van der Waals surface area (Å²) in [5, 5.41) is 15.6. The third-order valence-electron chi connectivity index (χ3n) is 6.99. The molecule has 4 aromatic rings. The number of ether oxygens (including phenoxy) is 1. The predicted molar refractivity (Wildman–Crippen MR) is 143 cm³/mol. The van der Waals surface area contributed by atoms with Gasteiger partial charge in [-0.1, -0.05) is 31.4 Å². The van der Waals surface area contributed by atoms with Gasteiger partial charge in [0.2, 0.25) is 11.7 Å². The lowest BCUT2D eigenvalue weighted by Crippen LogP contribution is -2.47. The number of hydrogen-bond acceptors (Lipinski definition) is 7. The Morgan fingerprint density at radius 3 is 2.52 bits per heavy atom. The van der Waals surface area contributed by atoms with E-state index in [1.165, 1.54) is 28.1 Å². The summed E-state index contributed by atoms with van der Waals surface area (Å²) < 4.78 is 24.5. The fraction of sp³-hybridized carbons (Fsp3) is 0.345. The monoisotopic (exact) mass is 546 g/mol. The average Bonchev–Trinajstić information content (AvgIpc) is 3.67. The Labute approximate surface area is 231 Å². The molecule has 1 N–H and O–H groups in total. The van der Waals surface area contributed by atoms with Crippen molar-refractivity contribution in [2.75, 3.05) is 7.11 Å². The number of carbonyl (C=O) groups excluding carboxylic acids is 2. The maximum Gasteiger partial charge on any atom is 0.250 e. The largest absolute Gasteiger partial charge is 0.497 e. The van der Waals surface area contributed by atoms with Crippen LogP contribution in [0.25, 0.3) is 11.4 Å². The molecule has 0 spiro atoms. The van der Waals surface area contributed by atoms with Gasteiger partial charge in [-0.3, -0.25) is 9.59 Å². The van der Waals surface area contributed by atoms with Gasteiger partial charge < -0.3 is 19.4 Å². The lowest BCUT2D eigenvalue weighted by Gasteiger charge is -2.32. The van der Waals surface area contributed by atoms with Crippen LogP contribution in [-0.4, -0.2) is 50.1 Å². The first-order valence-corrected chi connectivity index (χ1v) is 13.3. The van der Waals surface area contributed by atoms with Gasteiger partial charge in [-0.05, 0) is 72.1 Å². The summed E-state index contributed by atoms with van der Waals surface area (Å²) in [6, 6.07) is 15.3. The van der Waals surface area contributed by atoms with Crippen LogP contribution in [0.1, 0.15) is 49.5 Å². The second-order valence-corrected chi connectivity index (χ2v) is 9.78. The number of carbonyl (C=O) groups is 2. The Hall–Kier alpha value is -4.54. The van der Waals surface area contributed by atoms with E-state index in [0.717, 1.165) is 32.1 Å². The van der Waals surface area contributed by atoms with Gasteiger partial charge in [-0.25, -0.2) is 4.39 Å². The van der Waals surface area contributed by atoms with E-state index >= 15 is 0 Å². The Morgan fingerprint density at radius 1 is 1.10 bits per heavy atom. The molecule has 1 aliphatic rings. The SMILES string of the molecule is COc1ccc(-c2nnn(CC(=O)N(Cc3ccc(F)cc3)[C@H](C(=O)NC3CCCCC3)c3ccco3)n2)cc1. The zero-order valence-electron chi connectivity index (χ0n) is 22.2. The first kappa shape index (κ1) is 27.0. The van der Waals surface area contributed by atoms with Crippen LogP contribution in [0.2, 0.25) is 0 Å². The van der Waals surface area contributed by atoms with Crippen molar-refractivity contribution in [2.24, 2.45) is 0 Å². The van der Waals surface area contributed by atoms with Crippen molar-refractivity contribution in [3.8, 4) is 17.1 Å². The molecule has 0 bridgehead atoms.